The van der Waals surface area contributed by atoms with Crippen molar-refractivity contribution < 1.29 is 9.13 Å². The van der Waals surface area contributed by atoms with E-state index in [0.29, 0.717) is 41.4 Å². The Balaban J connectivity index is 1.69. The molecule has 1 aliphatic heterocycles. The smallest absolute Gasteiger partial charge is 0.143 e. The monoisotopic (exact) mass is 459 g/mol. The van der Waals surface area contributed by atoms with Gasteiger partial charge in [0.2, 0.25) is 0 Å². The number of ether oxygens (including phenoxy) is 1. The Morgan fingerprint density at radius 3 is 2.94 bits per heavy atom. The highest BCUT2D eigenvalue weighted by molar-refractivity contribution is 6.29. The van der Waals surface area contributed by atoms with Crippen LogP contribution in [0.15, 0.2) is 66.0 Å². The summed E-state index contributed by atoms with van der Waals surface area (Å²) in [7, 11) is 2.19. The Labute approximate surface area is 194 Å². The highest BCUT2D eigenvalue weighted by Gasteiger charge is 2.41. The summed E-state index contributed by atoms with van der Waals surface area (Å²) < 4.78 is 19.7. The summed E-state index contributed by atoms with van der Waals surface area (Å²) in [4.78, 5) is 10.8. The van der Waals surface area contributed by atoms with Crippen LogP contribution in [-0.4, -0.2) is 41.6 Å². The minimum Gasteiger partial charge on any atom is -0.491 e. The maximum atomic E-state index is 13.5. The molecule has 0 spiro atoms. The van der Waals surface area contributed by atoms with Gasteiger partial charge in [0.25, 0.3) is 0 Å². The predicted octanol–water partition coefficient (Wildman–Crippen LogP) is 5.07. The number of nitrogens with two attached hydrogens (primary N) is 1. The molecule has 0 radical (unpaired) electrons. The van der Waals surface area contributed by atoms with Gasteiger partial charge in [0.05, 0.1) is 17.3 Å². The second kappa shape index (κ2) is 11.3. The number of hydrogen-bond acceptors (Lipinski definition) is 6. The molecule has 32 heavy (non-hydrogen) atoms. The number of nitrogens with zero attached hydrogens (tertiary/aromatic N) is 3. The van der Waals surface area contributed by atoms with Crippen molar-refractivity contribution in [2.24, 2.45) is 17.8 Å². The number of likely N-dealkylation sites (tertiary alicyclic amines) is 1. The molecule has 1 saturated carbocycles. The number of halogens is 2. The van der Waals surface area contributed by atoms with Crippen LogP contribution in [0.5, 0.6) is 5.75 Å². The highest BCUT2D eigenvalue weighted by Crippen LogP contribution is 2.42. The van der Waals surface area contributed by atoms with Gasteiger partial charge >= 0.3 is 0 Å². The average molecular weight is 460 g/mol. The van der Waals surface area contributed by atoms with E-state index in [1.807, 2.05) is 0 Å². The number of nitrogens with one attached hydrogen (secondary N) is 1. The zero-order chi connectivity index (χ0) is 23.1. The molecule has 2 fully saturated rings. The Morgan fingerprint density at radius 1 is 1.34 bits per heavy atom. The lowest BCUT2D eigenvalue weighted by Gasteiger charge is -2.19. The van der Waals surface area contributed by atoms with Gasteiger partial charge in [-0.2, -0.15) is 0 Å². The molecule has 1 aromatic heterocycles. The molecule has 1 aliphatic carbocycles. The van der Waals surface area contributed by atoms with Crippen LogP contribution in [0.4, 0.5) is 15.9 Å². The topological polar surface area (TPSA) is 76.3 Å². The van der Waals surface area contributed by atoms with Crippen LogP contribution >= 0.6 is 11.6 Å². The Hall–Kier alpha value is -2.64. The van der Waals surface area contributed by atoms with Crippen LogP contribution in [0, 0.1) is 17.8 Å². The summed E-state index contributed by atoms with van der Waals surface area (Å²) in [6.45, 7) is 8.29. The number of rotatable bonds is 7. The summed E-state index contributed by atoms with van der Waals surface area (Å²) in [5.74, 6) is 2.52. The first-order chi connectivity index (χ1) is 15.3. The van der Waals surface area contributed by atoms with Crippen molar-refractivity contribution in [1.82, 2.24) is 14.9 Å². The van der Waals surface area contributed by atoms with Crippen LogP contribution in [-0.2, 0) is 0 Å². The lowest BCUT2D eigenvalue weighted by molar-refractivity contribution is 0.206. The molecule has 3 atom stereocenters. The van der Waals surface area contributed by atoms with E-state index < -0.39 is 5.83 Å². The lowest BCUT2D eigenvalue weighted by atomic mass is 9.93. The van der Waals surface area contributed by atoms with Crippen molar-refractivity contribution in [2.45, 2.75) is 19.8 Å². The Bertz CT molecular complexity index is 946. The minimum atomic E-state index is -0.531. The number of nitrogen functional groups attached to an aromatic ring is 1. The molecule has 3 rings (SSSR count). The first-order valence-electron chi connectivity index (χ1n) is 10.7. The molecule has 3 unspecified atom stereocenters. The van der Waals surface area contributed by atoms with Crippen molar-refractivity contribution in [1.29, 1.82) is 0 Å². The van der Waals surface area contributed by atoms with Gasteiger partial charge in [-0.25, -0.2) is 14.4 Å². The van der Waals surface area contributed by atoms with E-state index in [-0.39, 0.29) is 5.03 Å². The first kappa shape index (κ1) is 24.0. The molecule has 1 saturated heterocycles. The van der Waals surface area contributed by atoms with E-state index in [0.717, 1.165) is 12.5 Å². The lowest BCUT2D eigenvalue weighted by Crippen LogP contribution is -2.22. The fourth-order valence-electron chi connectivity index (χ4n) is 4.34. The predicted molar refractivity (Wildman–Crippen MR) is 128 cm³/mol. The maximum Gasteiger partial charge on any atom is 0.143 e. The van der Waals surface area contributed by atoms with Crippen molar-refractivity contribution in [3.05, 3.63) is 66.0 Å². The third kappa shape index (κ3) is 6.68. The van der Waals surface area contributed by atoms with E-state index in [9.17, 15) is 4.39 Å². The standard InChI is InChI=1S/C24H31ClFN5O/c1-16(4-7-21(26)17(2)25)30-24-9-8-22(27)23(10-11-28-15-29-24)32-14-19-6-5-18-12-31(3)13-20(18)19/h4,7-11,15,18-20H,1,5-6,12-14,27H2,2-3H3,(H,28,29,30)/b7-4-,21-17-. The van der Waals surface area contributed by atoms with Crippen LogP contribution in [0.25, 0.3) is 0 Å². The quantitative estimate of drug-likeness (QED) is 0.554. The van der Waals surface area contributed by atoms with Gasteiger partial charge in [-0.15, -0.1) is 0 Å². The van der Waals surface area contributed by atoms with Crippen LogP contribution in [0.2, 0.25) is 0 Å². The molecule has 2 aliphatic rings. The molecule has 8 heteroatoms. The molecule has 0 aromatic carbocycles. The summed E-state index contributed by atoms with van der Waals surface area (Å²) in [5.41, 5.74) is 7.17. The Kier molecular flexibility index (Phi) is 8.47. The first-order valence-corrected chi connectivity index (χ1v) is 11.1. The molecule has 6 nitrogen and oxygen atoms in total. The second-order valence-electron chi connectivity index (χ2n) is 8.41. The Morgan fingerprint density at radius 2 is 2.16 bits per heavy atom. The van der Waals surface area contributed by atoms with E-state index in [1.165, 1.54) is 44.8 Å². The molecule has 0 bridgehead atoms. The van der Waals surface area contributed by atoms with Gasteiger partial charge < -0.3 is 20.7 Å². The van der Waals surface area contributed by atoms with Gasteiger partial charge in [0, 0.05) is 31.0 Å². The molecular weight excluding hydrogens is 429 g/mol. The van der Waals surface area contributed by atoms with E-state index in [4.69, 9.17) is 22.1 Å². The van der Waals surface area contributed by atoms with Crippen molar-refractivity contribution >= 4 is 23.1 Å². The van der Waals surface area contributed by atoms with Crippen molar-refractivity contribution in [3.63, 3.8) is 0 Å². The summed E-state index contributed by atoms with van der Waals surface area (Å²) in [5, 5.41) is 3.05. The molecule has 0 amide bonds. The minimum absolute atomic E-state index is 0.0717. The van der Waals surface area contributed by atoms with Crippen molar-refractivity contribution in [2.75, 3.05) is 37.8 Å². The van der Waals surface area contributed by atoms with Gasteiger partial charge in [-0.1, -0.05) is 18.2 Å². The summed E-state index contributed by atoms with van der Waals surface area (Å²) in [6.07, 6.45) is 8.17. The van der Waals surface area contributed by atoms with Gasteiger partial charge in [0.1, 0.15) is 23.7 Å². The van der Waals surface area contributed by atoms with Crippen LogP contribution < -0.4 is 15.8 Å². The zero-order valence-corrected chi connectivity index (χ0v) is 19.4. The number of aromatic nitrogens is 2. The third-order valence-corrected chi connectivity index (χ3v) is 6.15. The highest BCUT2D eigenvalue weighted by atomic mass is 35.5. The SMILES string of the molecule is C=C(/C=C\C(F)=C(/C)Cl)Nc1ccc(N)c(OCC2CCC3CN(C)CC23)ccncn1. The van der Waals surface area contributed by atoms with Crippen LogP contribution in [0.1, 0.15) is 19.8 Å². The van der Waals surface area contributed by atoms with E-state index in [1.54, 1.807) is 24.4 Å². The number of anilines is 2. The fraction of sp³-hybridized carbons (Fsp3) is 0.417. The number of fused-ring (bicyclic) bond motifs is 1. The summed E-state index contributed by atoms with van der Waals surface area (Å²) >= 11 is 5.62. The van der Waals surface area contributed by atoms with E-state index >= 15 is 0 Å². The van der Waals surface area contributed by atoms with Crippen LogP contribution in [0.3, 0.4) is 0 Å². The molecule has 172 valence electrons. The van der Waals surface area contributed by atoms with Gasteiger partial charge in [-0.3, -0.25) is 0 Å². The second-order valence-corrected chi connectivity index (χ2v) is 8.97. The normalized spacial score (nSPS) is 23.4. The fourth-order valence-corrected chi connectivity index (χ4v) is 4.40. The molecular formula is C24H31ClFN5O. The van der Waals surface area contributed by atoms with Gasteiger partial charge in [-0.05, 0) is 68.9 Å². The largest absolute Gasteiger partial charge is 0.491 e. The molecule has 3 N–H and O–H groups in total. The molecule has 2 heterocycles. The van der Waals surface area contributed by atoms with Gasteiger partial charge in [0.15, 0.2) is 0 Å². The average Bonchev–Trinajstić information content (AvgIpc) is 3.30. The maximum absolute atomic E-state index is 13.5. The van der Waals surface area contributed by atoms with Crippen molar-refractivity contribution in [3.8, 4) is 5.75 Å². The number of allylic oxidation sites excluding steroid dienone is 4. The number of hydrogen-bond donors (Lipinski definition) is 2. The molecule has 1 aromatic rings. The zero-order valence-electron chi connectivity index (χ0n) is 18.6. The summed E-state index contributed by atoms with van der Waals surface area (Å²) in [6, 6.07) is 5.16. The van der Waals surface area contributed by atoms with E-state index in [2.05, 4.69) is 33.8 Å². The third-order valence-electron chi connectivity index (χ3n) is 5.97.